The lowest BCUT2D eigenvalue weighted by atomic mass is 9.51. The summed E-state index contributed by atoms with van der Waals surface area (Å²) in [5.74, 6) is -3.82. The first-order valence-corrected chi connectivity index (χ1v) is 13.5. The number of halogens is 1. The van der Waals surface area contributed by atoms with E-state index in [2.05, 4.69) is 4.90 Å². The molecule has 13 heteroatoms. The van der Waals surface area contributed by atoms with Crippen molar-refractivity contribution in [3.05, 3.63) is 0 Å². The monoisotopic (exact) mass is 573 g/mol. The van der Waals surface area contributed by atoms with Crippen LogP contribution in [0, 0.1) is 28.1 Å². The van der Waals surface area contributed by atoms with Gasteiger partial charge in [-0.3, -0.25) is 9.69 Å². The van der Waals surface area contributed by atoms with Crippen LogP contribution in [0.25, 0.3) is 0 Å². The molecule has 12 nitrogen and oxygen atoms in total. The number of nitrogens with zero attached hydrogens (tertiary/aromatic N) is 1. The van der Waals surface area contributed by atoms with E-state index in [0.717, 1.165) is 13.1 Å². The summed E-state index contributed by atoms with van der Waals surface area (Å²) in [5.41, 5.74) is -7.87. The number of morpholine rings is 1. The minimum Gasteiger partial charge on any atom is -0.459 e. The smallest absolute Gasteiger partial charge is 0.343 e. The minimum absolute atomic E-state index is 0. The first kappa shape index (κ1) is 27.6. The van der Waals surface area contributed by atoms with Gasteiger partial charge < -0.3 is 38.6 Å². The van der Waals surface area contributed by atoms with Gasteiger partial charge in [0.1, 0.15) is 12.2 Å². The van der Waals surface area contributed by atoms with Gasteiger partial charge in [0.05, 0.1) is 36.6 Å². The third-order valence-corrected chi connectivity index (χ3v) is 10.8. The third kappa shape index (κ3) is 2.71. The highest BCUT2D eigenvalue weighted by molar-refractivity contribution is 5.94. The van der Waals surface area contributed by atoms with Crippen LogP contribution in [0.2, 0.25) is 0 Å². The number of hydrogen-bond donors (Lipinski definition) is 2. The summed E-state index contributed by atoms with van der Waals surface area (Å²) in [6.45, 7) is 11.0. The van der Waals surface area contributed by atoms with Crippen molar-refractivity contribution in [1.29, 1.82) is 0 Å². The number of rotatable bonds is 4. The van der Waals surface area contributed by atoms with Crippen LogP contribution in [0.5, 0.6) is 0 Å². The lowest BCUT2D eigenvalue weighted by Gasteiger charge is -2.48. The lowest BCUT2D eigenvalue weighted by molar-refractivity contribution is -0.240. The van der Waals surface area contributed by atoms with Crippen LogP contribution < -0.4 is 0 Å². The summed E-state index contributed by atoms with van der Waals surface area (Å²) in [7, 11) is 0. The molecule has 7 rings (SSSR count). The average Bonchev–Trinajstić information content (AvgIpc) is 3.58. The normalized spacial score (nSPS) is 51.5. The van der Waals surface area contributed by atoms with Crippen molar-refractivity contribution >= 4 is 30.3 Å². The van der Waals surface area contributed by atoms with E-state index in [9.17, 15) is 24.6 Å². The summed E-state index contributed by atoms with van der Waals surface area (Å²) in [4.78, 5) is 42.1. The molecule has 2 aliphatic carbocycles. The molecule has 2 spiro atoms. The van der Waals surface area contributed by atoms with Crippen LogP contribution in [0.15, 0.2) is 0 Å². The molecule has 39 heavy (non-hydrogen) atoms. The van der Waals surface area contributed by atoms with Crippen molar-refractivity contribution < 1.29 is 53.0 Å². The van der Waals surface area contributed by atoms with E-state index in [0.29, 0.717) is 26.2 Å². The predicted octanol–water partition coefficient (Wildman–Crippen LogP) is -0.591. The van der Waals surface area contributed by atoms with Crippen molar-refractivity contribution in [2.24, 2.45) is 28.1 Å². The first-order valence-electron chi connectivity index (χ1n) is 13.5. The van der Waals surface area contributed by atoms with Gasteiger partial charge in [-0.25, -0.2) is 9.59 Å². The molecule has 0 bridgehead atoms. The molecule has 0 aromatic heterocycles. The molecular formula is C26H36ClNO11. The molecule has 0 radical (unpaired) electrons. The molecule has 0 amide bonds. The molecule has 7 aliphatic rings. The quantitative estimate of drug-likeness (QED) is 0.327. The molecular weight excluding hydrogens is 538 g/mol. The van der Waals surface area contributed by atoms with Crippen molar-refractivity contribution in [3.63, 3.8) is 0 Å². The Kier molecular flexibility index (Phi) is 5.86. The van der Waals surface area contributed by atoms with Gasteiger partial charge in [0.25, 0.3) is 0 Å². The van der Waals surface area contributed by atoms with E-state index >= 15 is 0 Å². The molecule has 5 heterocycles. The van der Waals surface area contributed by atoms with Gasteiger partial charge in [-0.2, -0.15) is 0 Å². The maximum absolute atomic E-state index is 13.8. The highest BCUT2D eigenvalue weighted by atomic mass is 35.5. The number of ether oxygens (including phenoxy) is 6. The molecule has 0 aromatic rings. The molecule has 7 fully saturated rings. The molecule has 11 atom stereocenters. The number of carbonyl (C=O) groups excluding carboxylic acids is 3. The number of hydrogen-bond acceptors (Lipinski definition) is 12. The lowest BCUT2D eigenvalue weighted by Crippen LogP contribution is -2.67. The van der Waals surface area contributed by atoms with E-state index < -0.39 is 82.0 Å². The number of aliphatic hydroxyl groups is 2. The molecule has 218 valence electrons. The minimum atomic E-state index is -2.22. The molecule has 5 aliphatic heterocycles. The van der Waals surface area contributed by atoms with Gasteiger partial charge in [-0.15, -0.1) is 12.4 Å². The second-order valence-electron chi connectivity index (χ2n) is 13.0. The number of esters is 3. The highest BCUT2D eigenvalue weighted by Crippen LogP contribution is 2.84. The average molecular weight is 574 g/mol. The Morgan fingerprint density at radius 3 is 2.44 bits per heavy atom. The zero-order valence-electron chi connectivity index (χ0n) is 22.4. The Hall–Kier alpha value is -1.54. The Bertz CT molecular complexity index is 1110. The first-order chi connectivity index (χ1) is 17.9. The van der Waals surface area contributed by atoms with Gasteiger partial charge in [-0.05, 0) is 24.7 Å². The Labute approximate surface area is 231 Å². The van der Waals surface area contributed by atoms with E-state index in [1.54, 1.807) is 0 Å². The fourth-order valence-electron chi connectivity index (χ4n) is 9.42. The SMILES string of the molecule is CC1C(=O)OC2[C@H](O)C34C5C[C@@H](C(C)(C)C)C36[C@@H](OC(=O)[C@@H]6OCCN3CCOCC3)O[C@@]4(C(=O)O5)[C@@]12O.Cl. The van der Waals surface area contributed by atoms with E-state index in [4.69, 9.17) is 28.4 Å². The predicted molar refractivity (Wildman–Crippen MR) is 130 cm³/mol. The molecule has 5 unspecified atom stereocenters. The Morgan fingerprint density at radius 1 is 1.08 bits per heavy atom. The summed E-state index contributed by atoms with van der Waals surface area (Å²) in [6, 6.07) is 0. The second kappa shape index (κ2) is 8.27. The largest absolute Gasteiger partial charge is 0.459 e. The summed E-state index contributed by atoms with van der Waals surface area (Å²) >= 11 is 0. The van der Waals surface area contributed by atoms with Gasteiger partial charge in [-0.1, -0.05) is 20.8 Å². The number of fused-ring (bicyclic) bond motifs is 1. The van der Waals surface area contributed by atoms with Gasteiger partial charge in [0, 0.05) is 19.6 Å². The maximum atomic E-state index is 13.8. The number of aliphatic hydroxyl groups excluding tert-OH is 1. The second-order valence-corrected chi connectivity index (χ2v) is 13.0. The van der Waals surface area contributed by atoms with Crippen molar-refractivity contribution in [2.45, 2.75) is 76.0 Å². The van der Waals surface area contributed by atoms with Crippen LogP contribution in [0.1, 0.15) is 34.1 Å². The summed E-state index contributed by atoms with van der Waals surface area (Å²) < 4.78 is 35.5. The fraction of sp³-hybridized carbons (Fsp3) is 0.885. The Balaban J connectivity index is 0.00000277. The van der Waals surface area contributed by atoms with Gasteiger partial charge in [0.2, 0.25) is 11.9 Å². The van der Waals surface area contributed by atoms with Crippen molar-refractivity contribution in [1.82, 2.24) is 4.90 Å². The standard InChI is InChI=1S/C26H35NO11.ClH/c1-12-18(29)36-16-15(28)24-14-11-13(22(2,3)4)23(24)17(34-10-7-27-5-8-33-9-6-27)19(30)37-21(23)38-26(24,20(31)35-14)25(12,16)32;/h12-17,21,28,32H,5-11H2,1-4H3;1H/t12?,13-,14?,15-,16?,17-,21-,23?,24?,25+,26+;/m0./s1. The van der Waals surface area contributed by atoms with E-state index in [1.165, 1.54) is 6.92 Å². The van der Waals surface area contributed by atoms with Gasteiger partial charge in [0.15, 0.2) is 17.8 Å². The zero-order valence-corrected chi connectivity index (χ0v) is 23.2. The van der Waals surface area contributed by atoms with Crippen LogP contribution >= 0.6 is 12.4 Å². The summed E-state index contributed by atoms with van der Waals surface area (Å²) in [6.07, 6.45) is -6.06. The summed E-state index contributed by atoms with van der Waals surface area (Å²) in [5, 5.41) is 24.3. The Morgan fingerprint density at radius 2 is 1.77 bits per heavy atom. The van der Waals surface area contributed by atoms with Crippen molar-refractivity contribution in [2.75, 3.05) is 39.5 Å². The van der Waals surface area contributed by atoms with Crippen LogP contribution in [-0.2, 0) is 42.8 Å². The van der Waals surface area contributed by atoms with E-state index in [1.807, 2.05) is 20.8 Å². The topological polar surface area (TPSA) is 150 Å². The third-order valence-electron chi connectivity index (χ3n) is 10.8. The zero-order chi connectivity index (χ0) is 27.0. The fourth-order valence-corrected chi connectivity index (χ4v) is 9.42. The van der Waals surface area contributed by atoms with Crippen LogP contribution in [0.4, 0.5) is 0 Å². The van der Waals surface area contributed by atoms with Gasteiger partial charge >= 0.3 is 17.9 Å². The highest BCUT2D eigenvalue weighted by Gasteiger charge is 3.04. The molecule has 0 aromatic carbocycles. The molecule has 5 saturated heterocycles. The number of carbonyl (C=O) groups is 3. The maximum Gasteiger partial charge on any atom is 0.343 e. The van der Waals surface area contributed by atoms with Crippen molar-refractivity contribution in [3.8, 4) is 0 Å². The van der Waals surface area contributed by atoms with Crippen LogP contribution in [0.3, 0.4) is 0 Å². The molecule has 2 N–H and O–H groups in total. The van der Waals surface area contributed by atoms with E-state index in [-0.39, 0.29) is 24.9 Å². The van der Waals surface area contributed by atoms with Crippen LogP contribution in [-0.4, -0.2) is 114 Å². The molecule has 2 saturated carbocycles.